The molecule has 1 aliphatic rings. The minimum Gasteiger partial charge on any atom is -0.481 e. The average Bonchev–Trinajstić information content (AvgIpc) is 2.79. The number of halogens is 2. The average molecular weight is 299 g/mol. The van der Waals surface area contributed by atoms with Crippen molar-refractivity contribution in [1.29, 1.82) is 0 Å². The Hall–Kier alpha value is -1.69. The molecule has 21 heavy (non-hydrogen) atoms. The van der Waals surface area contributed by atoms with Crippen molar-refractivity contribution in [2.75, 3.05) is 6.54 Å². The van der Waals surface area contributed by atoms with Gasteiger partial charge in [-0.15, -0.1) is 0 Å². The highest BCUT2D eigenvalue weighted by Gasteiger charge is 2.38. The zero-order valence-corrected chi connectivity index (χ0v) is 12.0. The maximum absolute atomic E-state index is 12.3. The quantitative estimate of drug-likeness (QED) is 0.907. The lowest BCUT2D eigenvalue weighted by Crippen LogP contribution is -2.34. The molecular weight excluding hydrogens is 280 g/mol. The minimum absolute atomic E-state index is 0.0504. The fourth-order valence-corrected chi connectivity index (χ4v) is 2.98. The van der Waals surface area contributed by atoms with E-state index in [-0.39, 0.29) is 23.8 Å². The summed E-state index contributed by atoms with van der Waals surface area (Å²) >= 11 is 0. The molecule has 3 unspecified atom stereocenters. The van der Waals surface area contributed by atoms with Gasteiger partial charge in [0.1, 0.15) is 5.75 Å². The summed E-state index contributed by atoms with van der Waals surface area (Å²) in [6.45, 7) is 1.67. The molecule has 1 saturated heterocycles. The Kier molecular flexibility index (Phi) is 4.77. The van der Waals surface area contributed by atoms with E-state index >= 15 is 0 Å². The summed E-state index contributed by atoms with van der Waals surface area (Å²) in [5.74, 6) is -1.05. The summed E-state index contributed by atoms with van der Waals surface area (Å²) in [5, 5.41) is 9.17. The van der Waals surface area contributed by atoms with E-state index in [2.05, 4.69) is 9.64 Å². The van der Waals surface area contributed by atoms with E-state index in [4.69, 9.17) is 5.11 Å². The first-order valence-corrected chi connectivity index (χ1v) is 6.93. The second kappa shape index (κ2) is 6.39. The van der Waals surface area contributed by atoms with E-state index in [1.54, 1.807) is 12.1 Å². The van der Waals surface area contributed by atoms with Crippen LogP contribution >= 0.6 is 0 Å². The molecule has 1 aliphatic heterocycles. The lowest BCUT2D eigenvalue weighted by molar-refractivity contribution is -0.142. The molecular formula is C15H19F2NO3. The highest BCUT2D eigenvalue weighted by molar-refractivity contribution is 5.71. The Morgan fingerprint density at radius 1 is 1.48 bits per heavy atom. The van der Waals surface area contributed by atoms with Gasteiger partial charge in [-0.1, -0.05) is 12.1 Å². The van der Waals surface area contributed by atoms with Gasteiger partial charge in [0.05, 0.1) is 5.92 Å². The van der Waals surface area contributed by atoms with Crippen molar-refractivity contribution < 1.29 is 23.4 Å². The summed E-state index contributed by atoms with van der Waals surface area (Å²) in [4.78, 5) is 13.2. The molecule has 0 aromatic heterocycles. The summed E-state index contributed by atoms with van der Waals surface area (Å²) in [6.07, 6.45) is 0.605. The monoisotopic (exact) mass is 299 g/mol. The number of alkyl halides is 2. The van der Waals surface area contributed by atoms with Crippen molar-refractivity contribution in [1.82, 2.24) is 4.90 Å². The van der Waals surface area contributed by atoms with Crippen LogP contribution in [0.4, 0.5) is 8.78 Å². The molecule has 1 aromatic rings. The number of nitrogens with zero attached hydrogens (tertiary/aromatic N) is 1. The van der Waals surface area contributed by atoms with Crippen LogP contribution in [0.25, 0.3) is 0 Å². The first-order valence-electron chi connectivity index (χ1n) is 6.93. The number of carboxylic acids is 1. The number of carboxylic acid groups (broad SMARTS) is 1. The molecule has 6 heteroatoms. The zero-order valence-electron chi connectivity index (χ0n) is 12.0. The summed E-state index contributed by atoms with van der Waals surface area (Å²) < 4.78 is 28.9. The third kappa shape index (κ3) is 3.50. The molecule has 0 bridgehead atoms. The van der Waals surface area contributed by atoms with E-state index in [9.17, 15) is 13.6 Å². The second-order valence-electron chi connectivity index (χ2n) is 5.34. The van der Waals surface area contributed by atoms with Gasteiger partial charge in [0.2, 0.25) is 0 Å². The van der Waals surface area contributed by atoms with Crippen molar-refractivity contribution in [3.8, 4) is 5.75 Å². The molecule has 116 valence electrons. The van der Waals surface area contributed by atoms with E-state index in [0.717, 1.165) is 5.56 Å². The predicted molar refractivity (Wildman–Crippen MR) is 73.4 cm³/mol. The number of ether oxygens (including phenoxy) is 1. The van der Waals surface area contributed by atoms with Crippen molar-refractivity contribution >= 4 is 5.97 Å². The van der Waals surface area contributed by atoms with Crippen LogP contribution in [0.15, 0.2) is 24.3 Å². The summed E-state index contributed by atoms with van der Waals surface area (Å²) in [5.41, 5.74) is 0.839. The van der Waals surface area contributed by atoms with Gasteiger partial charge in [-0.3, -0.25) is 9.69 Å². The SMILES string of the molecule is CC(c1cccc(OC(F)F)c1)N1CCC(C(=O)O)C1C. The molecule has 2 rings (SSSR count). The first kappa shape index (κ1) is 15.7. The molecule has 0 radical (unpaired) electrons. The molecule has 3 atom stereocenters. The Labute approximate surface area is 122 Å². The van der Waals surface area contributed by atoms with Gasteiger partial charge < -0.3 is 9.84 Å². The standard InChI is InChI=1S/C15H19F2NO3/c1-9(18-7-6-13(10(18)2)14(19)20)11-4-3-5-12(8-11)21-15(16)17/h3-5,8-10,13,15H,6-7H2,1-2H3,(H,19,20). The van der Waals surface area contributed by atoms with Crippen molar-refractivity contribution in [2.45, 2.75) is 39.0 Å². The first-order chi connectivity index (χ1) is 9.90. The number of hydrogen-bond acceptors (Lipinski definition) is 3. The number of benzene rings is 1. The van der Waals surface area contributed by atoms with E-state index in [1.165, 1.54) is 6.07 Å². The fraction of sp³-hybridized carbons (Fsp3) is 0.533. The lowest BCUT2D eigenvalue weighted by atomic mass is 10.0. The molecule has 1 aromatic carbocycles. The van der Waals surface area contributed by atoms with Gasteiger partial charge in [-0.05, 0) is 44.5 Å². The number of hydrogen-bond donors (Lipinski definition) is 1. The van der Waals surface area contributed by atoms with Crippen molar-refractivity contribution in [3.05, 3.63) is 29.8 Å². The topological polar surface area (TPSA) is 49.8 Å². The smallest absolute Gasteiger partial charge is 0.387 e. The van der Waals surface area contributed by atoms with Gasteiger partial charge in [-0.25, -0.2) is 0 Å². The van der Waals surface area contributed by atoms with Crippen molar-refractivity contribution in [2.24, 2.45) is 5.92 Å². The fourth-order valence-electron chi connectivity index (χ4n) is 2.98. The van der Waals surface area contributed by atoms with E-state index < -0.39 is 12.6 Å². The Morgan fingerprint density at radius 3 is 2.76 bits per heavy atom. The van der Waals surface area contributed by atoms with E-state index in [0.29, 0.717) is 13.0 Å². The zero-order chi connectivity index (χ0) is 15.6. The highest BCUT2D eigenvalue weighted by Crippen LogP contribution is 2.33. The molecule has 1 fully saturated rings. The molecule has 1 N–H and O–H groups in total. The van der Waals surface area contributed by atoms with Crippen LogP contribution in [0.2, 0.25) is 0 Å². The molecule has 4 nitrogen and oxygen atoms in total. The third-order valence-electron chi connectivity index (χ3n) is 4.18. The maximum atomic E-state index is 12.3. The number of rotatable bonds is 5. The van der Waals surface area contributed by atoms with Gasteiger partial charge in [0, 0.05) is 12.1 Å². The van der Waals surface area contributed by atoms with Gasteiger partial charge in [0.25, 0.3) is 0 Å². The molecule has 0 spiro atoms. The molecule has 0 aliphatic carbocycles. The van der Waals surface area contributed by atoms with E-state index in [1.807, 2.05) is 19.9 Å². The Bertz CT molecular complexity index is 509. The van der Waals surface area contributed by atoms with Crippen LogP contribution in [0.3, 0.4) is 0 Å². The number of likely N-dealkylation sites (tertiary alicyclic amines) is 1. The normalized spacial score (nSPS) is 24.2. The second-order valence-corrected chi connectivity index (χ2v) is 5.34. The molecule has 1 heterocycles. The van der Waals surface area contributed by atoms with Gasteiger partial charge >= 0.3 is 12.6 Å². The predicted octanol–water partition coefficient (Wildman–Crippen LogP) is 3.14. The largest absolute Gasteiger partial charge is 0.481 e. The van der Waals surface area contributed by atoms with Gasteiger partial charge in [-0.2, -0.15) is 8.78 Å². The van der Waals surface area contributed by atoms with Crippen LogP contribution in [0.1, 0.15) is 31.9 Å². The van der Waals surface area contributed by atoms with Crippen LogP contribution in [-0.4, -0.2) is 35.2 Å². The van der Waals surface area contributed by atoms with Gasteiger partial charge in [0.15, 0.2) is 0 Å². The van der Waals surface area contributed by atoms with Crippen LogP contribution in [0, 0.1) is 5.92 Å². The summed E-state index contributed by atoms with van der Waals surface area (Å²) in [7, 11) is 0. The Morgan fingerprint density at radius 2 is 2.19 bits per heavy atom. The van der Waals surface area contributed by atoms with Crippen LogP contribution in [-0.2, 0) is 4.79 Å². The molecule has 0 amide bonds. The number of aliphatic carboxylic acids is 1. The van der Waals surface area contributed by atoms with Crippen LogP contribution < -0.4 is 4.74 Å². The molecule has 0 saturated carbocycles. The maximum Gasteiger partial charge on any atom is 0.387 e. The number of carbonyl (C=O) groups is 1. The lowest BCUT2D eigenvalue weighted by Gasteiger charge is -2.30. The van der Waals surface area contributed by atoms with Crippen molar-refractivity contribution in [3.63, 3.8) is 0 Å². The highest BCUT2D eigenvalue weighted by atomic mass is 19.3. The summed E-state index contributed by atoms with van der Waals surface area (Å²) in [6, 6.07) is 6.43. The third-order valence-corrected chi connectivity index (χ3v) is 4.18. The minimum atomic E-state index is -2.85. The van der Waals surface area contributed by atoms with Crippen LogP contribution in [0.5, 0.6) is 5.75 Å². The Balaban J connectivity index is 2.13.